The second kappa shape index (κ2) is 6.64. The molecule has 0 aliphatic carbocycles. The Balaban J connectivity index is 2.17. The molecule has 1 aromatic carbocycles. The Morgan fingerprint density at radius 2 is 2.21 bits per heavy atom. The van der Waals surface area contributed by atoms with Crippen LogP contribution in [-0.2, 0) is 13.1 Å². The van der Waals surface area contributed by atoms with E-state index >= 15 is 0 Å². The molecule has 0 spiro atoms. The summed E-state index contributed by atoms with van der Waals surface area (Å²) in [6.07, 6.45) is 0. The minimum absolute atomic E-state index is 0.582. The molecule has 0 aromatic heterocycles. The van der Waals surface area contributed by atoms with Crippen molar-refractivity contribution in [1.29, 1.82) is 0 Å². The predicted octanol–water partition coefficient (Wildman–Crippen LogP) is 2.48. The van der Waals surface area contributed by atoms with Gasteiger partial charge < -0.3 is 10.5 Å². The van der Waals surface area contributed by atoms with E-state index in [0.717, 1.165) is 18.8 Å². The summed E-state index contributed by atoms with van der Waals surface area (Å²) in [6.45, 7) is 7.30. The highest BCUT2D eigenvalue weighted by Gasteiger charge is 2.25. The lowest BCUT2D eigenvalue weighted by atomic mass is 10.1. The summed E-state index contributed by atoms with van der Waals surface area (Å²) >= 11 is 2.07. The molecule has 1 aliphatic heterocycles. The van der Waals surface area contributed by atoms with Crippen LogP contribution in [0.5, 0.6) is 5.75 Å². The van der Waals surface area contributed by atoms with Gasteiger partial charge in [0.1, 0.15) is 5.75 Å². The average Bonchev–Trinajstić information content (AvgIpc) is 2.43. The maximum Gasteiger partial charge on any atom is 0.123 e. The van der Waals surface area contributed by atoms with Gasteiger partial charge in [-0.15, -0.1) is 0 Å². The molecule has 1 aromatic rings. The van der Waals surface area contributed by atoms with Crippen molar-refractivity contribution in [3.05, 3.63) is 29.3 Å². The fourth-order valence-electron chi connectivity index (χ4n) is 2.52. The Hall–Kier alpha value is -0.710. The summed E-state index contributed by atoms with van der Waals surface area (Å²) in [7, 11) is 1.74. The second-order valence-corrected chi connectivity index (χ2v) is 6.62. The number of nitrogens with two attached hydrogens (primary N) is 1. The molecule has 2 N–H and O–H groups in total. The van der Waals surface area contributed by atoms with Crippen LogP contribution in [0.3, 0.4) is 0 Å². The lowest BCUT2D eigenvalue weighted by Gasteiger charge is -2.37. The van der Waals surface area contributed by atoms with E-state index in [0.29, 0.717) is 17.8 Å². The first-order chi connectivity index (χ1) is 9.15. The third-order valence-corrected chi connectivity index (χ3v) is 5.31. The van der Waals surface area contributed by atoms with Crippen LogP contribution in [0.25, 0.3) is 0 Å². The summed E-state index contributed by atoms with van der Waals surface area (Å²) in [5, 5.41) is 0.692. The molecule has 2 rings (SSSR count). The highest BCUT2D eigenvalue weighted by molar-refractivity contribution is 8.00. The fraction of sp³-hybridized carbons (Fsp3) is 0.600. The number of benzene rings is 1. The van der Waals surface area contributed by atoms with Gasteiger partial charge in [0, 0.05) is 42.2 Å². The van der Waals surface area contributed by atoms with Crippen molar-refractivity contribution in [2.45, 2.75) is 38.2 Å². The van der Waals surface area contributed by atoms with Crippen LogP contribution in [0.4, 0.5) is 0 Å². The first-order valence-electron chi connectivity index (χ1n) is 6.87. The number of thioether (sulfide) groups is 1. The van der Waals surface area contributed by atoms with Gasteiger partial charge in [-0.05, 0) is 24.6 Å². The van der Waals surface area contributed by atoms with Crippen molar-refractivity contribution < 1.29 is 4.74 Å². The SMILES string of the molecule is COc1ccc(CN)cc1CN1CCSC(C)C1C. The topological polar surface area (TPSA) is 38.5 Å². The Morgan fingerprint density at radius 3 is 2.89 bits per heavy atom. The van der Waals surface area contributed by atoms with Crippen molar-refractivity contribution in [3.8, 4) is 5.75 Å². The monoisotopic (exact) mass is 280 g/mol. The van der Waals surface area contributed by atoms with Crippen LogP contribution >= 0.6 is 11.8 Å². The highest BCUT2D eigenvalue weighted by Crippen LogP contribution is 2.28. The molecule has 2 unspecified atom stereocenters. The third-order valence-electron chi connectivity index (χ3n) is 3.97. The third kappa shape index (κ3) is 3.44. The van der Waals surface area contributed by atoms with Gasteiger partial charge in [0.05, 0.1) is 7.11 Å². The zero-order chi connectivity index (χ0) is 13.8. The molecule has 0 radical (unpaired) electrons. The molecule has 0 saturated carbocycles. The molecule has 0 amide bonds. The molecular formula is C15H24N2OS. The number of nitrogens with zero attached hydrogens (tertiary/aromatic N) is 1. The normalized spacial score (nSPS) is 24.4. The van der Waals surface area contributed by atoms with Gasteiger partial charge in [-0.1, -0.05) is 13.0 Å². The summed E-state index contributed by atoms with van der Waals surface area (Å²) in [5.41, 5.74) is 8.15. The van der Waals surface area contributed by atoms with E-state index in [4.69, 9.17) is 10.5 Å². The van der Waals surface area contributed by atoms with Crippen LogP contribution in [0.15, 0.2) is 18.2 Å². The Labute approximate surface area is 120 Å². The molecule has 106 valence electrons. The Morgan fingerprint density at radius 1 is 1.42 bits per heavy atom. The van der Waals surface area contributed by atoms with E-state index in [9.17, 15) is 0 Å². The first-order valence-corrected chi connectivity index (χ1v) is 7.92. The van der Waals surface area contributed by atoms with Gasteiger partial charge in [0.25, 0.3) is 0 Å². The molecule has 0 bridgehead atoms. The maximum atomic E-state index is 5.73. The number of methoxy groups -OCH3 is 1. The Bertz CT molecular complexity index is 425. The van der Waals surface area contributed by atoms with Gasteiger partial charge in [-0.3, -0.25) is 4.90 Å². The van der Waals surface area contributed by atoms with Gasteiger partial charge in [0.15, 0.2) is 0 Å². The molecule has 1 heterocycles. The lowest BCUT2D eigenvalue weighted by molar-refractivity contribution is 0.202. The largest absolute Gasteiger partial charge is 0.496 e. The zero-order valence-corrected chi connectivity index (χ0v) is 12.9. The van der Waals surface area contributed by atoms with Crippen molar-refractivity contribution in [3.63, 3.8) is 0 Å². The molecule has 1 saturated heterocycles. The molecule has 1 aliphatic rings. The molecule has 1 fully saturated rings. The van der Waals surface area contributed by atoms with Crippen LogP contribution < -0.4 is 10.5 Å². The number of hydrogen-bond donors (Lipinski definition) is 1. The van der Waals surface area contributed by atoms with E-state index < -0.39 is 0 Å². The van der Waals surface area contributed by atoms with Crippen LogP contribution in [0, 0.1) is 0 Å². The van der Waals surface area contributed by atoms with Gasteiger partial charge >= 0.3 is 0 Å². The minimum atomic E-state index is 0.582. The van der Waals surface area contributed by atoms with Crippen molar-refractivity contribution in [2.75, 3.05) is 19.4 Å². The van der Waals surface area contributed by atoms with E-state index in [2.05, 4.69) is 36.6 Å². The minimum Gasteiger partial charge on any atom is -0.496 e. The van der Waals surface area contributed by atoms with E-state index in [1.807, 2.05) is 12.1 Å². The fourth-order valence-corrected chi connectivity index (χ4v) is 3.68. The van der Waals surface area contributed by atoms with E-state index in [1.165, 1.54) is 16.9 Å². The molecular weight excluding hydrogens is 256 g/mol. The van der Waals surface area contributed by atoms with Crippen molar-refractivity contribution in [1.82, 2.24) is 4.90 Å². The smallest absolute Gasteiger partial charge is 0.123 e. The van der Waals surface area contributed by atoms with Gasteiger partial charge in [-0.2, -0.15) is 11.8 Å². The average molecular weight is 280 g/mol. The predicted molar refractivity (Wildman–Crippen MR) is 82.7 cm³/mol. The van der Waals surface area contributed by atoms with E-state index in [1.54, 1.807) is 7.11 Å². The van der Waals surface area contributed by atoms with Crippen LogP contribution in [-0.4, -0.2) is 35.6 Å². The number of hydrogen-bond acceptors (Lipinski definition) is 4. The molecule has 2 atom stereocenters. The summed E-state index contributed by atoms with van der Waals surface area (Å²) in [5.74, 6) is 2.18. The van der Waals surface area contributed by atoms with Crippen molar-refractivity contribution >= 4 is 11.8 Å². The lowest BCUT2D eigenvalue weighted by Crippen LogP contribution is -2.44. The maximum absolute atomic E-state index is 5.73. The summed E-state index contributed by atoms with van der Waals surface area (Å²) in [4.78, 5) is 2.54. The molecule has 4 heteroatoms. The second-order valence-electron chi connectivity index (χ2n) is 5.14. The van der Waals surface area contributed by atoms with E-state index in [-0.39, 0.29) is 0 Å². The van der Waals surface area contributed by atoms with Crippen LogP contribution in [0.2, 0.25) is 0 Å². The van der Waals surface area contributed by atoms with Gasteiger partial charge in [0.2, 0.25) is 0 Å². The first kappa shape index (κ1) is 14.7. The number of ether oxygens (including phenoxy) is 1. The van der Waals surface area contributed by atoms with Gasteiger partial charge in [-0.25, -0.2) is 0 Å². The number of rotatable bonds is 4. The molecule has 19 heavy (non-hydrogen) atoms. The zero-order valence-electron chi connectivity index (χ0n) is 12.1. The standard InChI is InChI=1S/C15H24N2OS/c1-11-12(2)19-7-6-17(11)10-14-8-13(9-16)4-5-15(14)18-3/h4-5,8,11-12H,6-7,9-10,16H2,1-3H3. The highest BCUT2D eigenvalue weighted by atomic mass is 32.2. The quantitative estimate of drug-likeness (QED) is 0.919. The summed E-state index contributed by atoms with van der Waals surface area (Å²) < 4.78 is 5.48. The Kier molecular flexibility index (Phi) is 5.13. The van der Waals surface area contributed by atoms with Crippen molar-refractivity contribution in [2.24, 2.45) is 5.73 Å². The summed E-state index contributed by atoms with van der Waals surface area (Å²) in [6, 6.07) is 6.85. The van der Waals surface area contributed by atoms with Crippen LogP contribution in [0.1, 0.15) is 25.0 Å². The molecule has 3 nitrogen and oxygen atoms in total.